The zero-order chi connectivity index (χ0) is 15.5. The van der Waals surface area contributed by atoms with E-state index in [1.807, 2.05) is 0 Å². The first-order valence-corrected chi connectivity index (χ1v) is 6.58. The molecule has 0 aliphatic heterocycles. The predicted molar refractivity (Wildman–Crippen MR) is 85.2 cm³/mol. The molecule has 3 aromatic rings. The zero-order valence-electron chi connectivity index (χ0n) is 11.8. The van der Waals surface area contributed by atoms with Gasteiger partial charge in [-0.25, -0.2) is 9.78 Å². The normalized spacial score (nSPS) is 10.0. The van der Waals surface area contributed by atoms with E-state index in [4.69, 9.17) is 25.5 Å². The van der Waals surface area contributed by atoms with Crippen LogP contribution >= 0.6 is 24.0 Å². The molecular formula is C14H11Cl2N3O4. The van der Waals surface area contributed by atoms with Crippen LogP contribution in [0.25, 0.3) is 5.69 Å². The summed E-state index contributed by atoms with van der Waals surface area (Å²) in [6.45, 7) is 0. The van der Waals surface area contributed by atoms with Crippen LogP contribution in [-0.4, -0.2) is 21.9 Å². The molecule has 0 spiro atoms. The van der Waals surface area contributed by atoms with Gasteiger partial charge in [-0.1, -0.05) is 16.7 Å². The number of ether oxygens (including phenoxy) is 2. The van der Waals surface area contributed by atoms with Gasteiger partial charge < -0.3 is 13.9 Å². The molecule has 2 heterocycles. The molecule has 0 fully saturated rings. The van der Waals surface area contributed by atoms with Gasteiger partial charge >= 0.3 is 11.8 Å². The first-order chi connectivity index (χ1) is 10.7. The second-order valence-electron chi connectivity index (χ2n) is 4.14. The average molecular weight is 356 g/mol. The van der Waals surface area contributed by atoms with Crippen molar-refractivity contribution in [2.75, 3.05) is 7.11 Å². The van der Waals surface area contributed by atoms with Crippen molar-refractivity contribution in [1.82, 2.24) is 14.8 Å². The largest absolute Gasteiger partial charge is 0.497 e. The smallest absolute Gasteiger partial charge is 0.444 e. The molecule has 23 heavy (non-hydrogen) atoms. The second-order valence-corrected chi connectivity index (χ2v) is 4.49. The Labute approximate surface area is 141 Å². The number of nitrogens with zero attached hydrogens (tertiary/aromatic N) is 3. The van der Waals surface area contributed by atoms with E-state index >= 15 is 0 Å². The van der Waals surface area contributed by atoms with Crippen LogP contribution < -0.4 is 15.2 Å². The van der Waals surface area contributed by atoms with Gasteiger partial charge in [0.15, 0.2) is 5.15 Å². The number of halogens is 2. The van der Waals surface area contributed by atoms with Crippen molar-refractivity contribution in [2.24, 2.45) is 0 Å². The fraction of sp³-hybridized carbons (Fsp3) is 0.0714. The van der Waals surface area contributed by atoms with Crippen LogP contribution in [0.15, 0.2) is 51.8 Å². The highest BCUT2D eigenvalue weighted by Gasteiger charge is 2.14. The van der Waals surface area contributed by atoms with E-state index < -0.39 is 5.76 Å². The molecule has 0 unspecified atom stereocenters. The van der Waals surface area contributed by atoms with Gasteiger partial charge in [0.1, 0.15) is 17.2 Å². The molecule has 0 bridgehead atoms. The second kappa shape index (κ2) is 7.17. The summed E-state index contributed by atoms with van der Waals surface area (Å²) in [6.07, 6.45) is 1.31. The lowest BCUT2D eigenvalue weighted by atomic mass is 10.3. The van der Waals surface area contributed by atoms with E-state index in [1.54, 1.807) is 43.5 Å². The molecule has 2 aromatic heterocycles. The Morgan fingerprint density at radius 3 is 2.52 bits per heavy atom. The van der Waals surface area contributed by atoms with Crippen molar-refractivity contribution in [3.63, 3.8) is 0 Å². The summed E-state index contributed by atoms with van der Waals surface area (Å²) in [4.78, 5) is 15.7. The van der Waals surface area contributed by atoms with Gasteiger partial charge in [0.2, 0.25) is 0 Å². The van der Waals surface area contributed by atoms with Crippen molar-refractivity contribution in [3.05, 3.63) is 58.3 Å². The molecule has 0 radical (unpaired) electrons. The SMILES string of the molecule is COc1ccc(Oc2nn(-c3cccnc3Cl)c(=O)o2)cc1.Cl. The highest BCUT2D eigenvalue weighted by atomic mass is 35.5. The zero-order valence-corrected chi connectivity index (χ0v) is 13.4. The Balaban J connectivity index is 0.00000192. The van der Waals surface area contributed by atoms with Crippen LogP contribution in [0, 0.1) is 0 Å². The number of methoxy groups -OCH3 is 1. The minimum atomic E-state index is -0.724. The summed E-state index contributed by atoms with van der Waals surface area (Å²) >= 11 is 5.93. The summed E-state index contributed by atoms with van der Waals surface area (Å²) in [5.74, 6) is 0.409. The van der Waals surface area contributed by atoms with Crippen LogP contribution in [0.2, 0.25) is 5.15 Å². The minimum Gasteiger partial charge on any atom is -0.497 e. The Hall–Kier alpha value is -2.51. The summed E-state index contributed by atoms with van der Waals surface area (Å²) in [5.41, 5.74) is 0.308. The lowest BCUT2D eigenvalue weighted by Crippen LogP contribution is -2.14. The highest BCUT2D eigenvalue weighted by Crippen LogP contribution is 2.22. The molecule has 9 heteroatoms. The molecule has 3 rings (SSSR count). The number of benzene rings is 1. The third-order valence-electron chi connectivity index (χ3n) is 2.76. The first kappa shape index (κ1) is 16.9. The van der Waals surface area contributed by atoms with Gasteiger partial charge in [-0.05, 0) is 36.4 Å². The molecule has 0 saturated carbocycles. The first-order valence-electron chi connectivity index (χ1n) is 6.20. The molecule has 0 amide bonds. The molecular weight excluding hydrogens is 345 g/mol. The van der Waals surface area contributed by atoms with E-state index in [-0.39, 0.29) is 23.6 Å². The molecule has 0 aliphatic carbocycles. The van der Waals surface area contributed by atoms with Crippen LogP contribution in [0.4, 0.5) is 0 Å². The minimum absolute atomic E-state index is 0. The third-order valence-corrected chi connectivity index (χ3v) is 3.05. The molecule has 0 N–H and O–H groups in total. The summed E-state index contributed by atoms with van der Waals surface area (Å²) in [7, 11) is 1.56. The maximum absolute atomic E-state index is 11.8. The molecule has 1 aromatic carbocycles. The van der Waals surface area contributed by atoms with Crippen LogP contribution in [0.5, 0.6) is 17.6 Å². The topological polar surface area (TPSA) is 79.4 Å². The lowest BCUT2D eigenvalue weighted by Gasteiger charge is -2.02. The number of aromatic nitrogens is 3. The quantitative estimate of drug-likeness (QED) is 0.669. The van der Waals surface area contributed by atoms with Gasteiger partial charge in [0, 0.05) is 6.20 Å². The van der Waals surface area contributed by atoms with Gasteiger partial charge in [-0.15, -0.1) is 12.4 Å². The molecule has 0 saturated heterocycles. The Morgan fingerprint density at radius 2 is 1.87 bits per heavy atom. The van der Waals surface area contributed by atoms with Crippen molar-refractivity contribution in [3.8, 4) is 23.3 Å². The van der Waals surface area contributed by atoms with Crippen LogP contribution in [0.1, 0.15) is 0 Å². The van der Waals surface area contributed by atoms with Gasteiger partial charge in [-0.3, -0.25) is 0 Å². The summed E-state index contributed by atoms with van der Waals surface area (Å²) < 4.78 is 16.3. The van der Waals surface area contributed by atoms with E-state index in [0.29, 0.717) is 17.2 Å². The standard InChI is InChI=1S/C14H10ClN3O4.ClH/c1-20-9-4-6-10(7-5-9)21-13-17-18(14(19)22-13)11-3-2-8-16-12(11)15;/h2-8H,1H3;1H. The van der Waals surface area contributed by atoms with E-state index in [0.717, 1.165) is 4.68 Å². The number of hydrogen-bond donors (Lipinski definition) is 0. The van der Waals surface area contributed by atoms with Crippen LogP contribution in [0.3, 0.4) is 0 Å². The van der Waals surface area contributed by atoms with E-state index in [2.05, 4.69) is 10.1 Å². The number of hydrogen-bond acceptors (Lipinski definition) is 6. The maximum atomic E-state index is 11.8. The Kier molecular flexibility index (Phi) is 5.25. The Morgan fingerprint density at radius 1 is 1.17 bits per heavy atom. The fourth-order valence-corrected chi connectivity index (χ4v) is 1.93. The number of pyridine rings is 1. The van der Waals surface area contributed by atoms with Gasteiger partial charge in [-0.2, -0.15) is 4.68 Å². The van der Waals surface area contributed by atoms with Crippen molar-refractivity contribution in [2.45, 2.75) is 0 Å². The van der Waals surface area contributed by atoms with Crippen LogP contribution in [-0.2, 0) is 0 Å². The Bertz CT molecular complexity index is 846. The van der Waals surface area contributed by atoms with Crippen molar-refractivity contribution >= 4 is 24.0 Å². The van der Waals surface area contributed by atoms with E-state index in [1.165, 1.54) is 6.20 Å². The molecule has 0 aliphatic rings. The summed E-state index contributed by atoms with van der Waals surface area (Å²) in [5, 5.41) is 4.07. The van der Waals surface area contributed by atoms with Crippen molar-refractivity contribution in [1.29, 1.82) is 0 Å². The third kappa shape index (κ3) is 3.64. The average Bonchev–Trinajstić information content (AvgIpc) is 2.89. The monoisotopic (exact) mass is 355 g/mol. The van der Waals surface area contributed by atoms with Crippen molar-refractivity contribution < 1.29 is 13.9 Å². The predicted octanol–water partition coefficient (Wildman–Crippen LogP) is 3.10. The van der Waals surface area contributed by atoms with Gasteiger partial charge in [0.05, 0.1) is 7.11 Å². The fourth-order valence-electron chi connectivity index (χ4n) is 1.73. The highest BCUT2D eigenvalue weighted by molar-refractivity contribution is 6.31. The lowest BCUT2D eigenvalue weighted by molar-refractivity contribution is 0.319. The molecule has 7 nitrogen and oxygen atoms in total. The number of rotatable bonds is 4. The van der Waals surface area contributed by atoms with Gasteiger partial charge in [0.25, 0.3) is 0 Å². The van der Waals surface area contributed by atoms with E-state index in [9.17, 15) is 4.79 Å². The molecule has 120 valence electrons. The summed E-state index contributed by atoms with van der Waals surface area (Å²) in [6, 6.07) is 9.97. The molecule has 0 atom stereocenters. The maximum Gasteiger partial charge on any atom is 0.444 e.